The number of sulfonamides is 1. The average molecular weight is 462 g/mol. The highest BCUT2D eigenvalue weighted by molar-refractivity contribution is 7.89. The van der Waals surface area contributed by atoms with Gasteiger partial charge in [0.25, 0.3) is 0 Å². The van der Waals surface area contributed by atoms with Gasteiger partial charge in [-0.25, -0.2) is 12.8 Å². The molecule has 0 heterocycles. The van der Waals surface area contributed by atoms with E-state index in [0.717, 1.165) is 17.7 Å². The fraction of sp³-hybridized carbons (Fsp3) is 0.174. The number of halogens is 2. The molecule has 0 fully saturated rings. The van der Waals surface area contributed by atoms with Crippen molar-refractivity contribution in [1.82, 2.24) is 4.72 Å². The standard InChI is InChI=1S/C23H21ClFNO4S/c24-19-10-8-18(9-11-19)23(26-31(29,30)21-14-12-20(25)13-15-21)17-6-4-16(5-7-17)2-1-3-22(27)28/h4-15,23,26H,1-3H2,(H,27,28). The summed E-state index contributed by atoms with van der Waals surface area (Å²) >= 11 is 5.98. The number of benzene rings is 3. The first kappa shape index (κ1) is 22.9. The molecule has 5 nitrogen and oxygen atoms in total. The molecule has 162 valence electrons. The zero-order chi connectivity index (χ0) is 22.4. The Kier molecular flexibility index (Phi) is 7.43. The molecule has 0 radical (unpaired) electrons. The normalized spacial score (nSPS) is 12.5. The monoisotopic (exact) mass is 461 g/mol. The molecule has 8 heteroatoms. The summed E-state index contributed by atoms with van der Waals surface area (Å²) in [6.45, 7) is 0. The molecular formula is C23H21ClFNO4S. The van der Waals surface area contributed by atoms with E-state index in [-0.39, 0.29) is 11.3 Å². The van der Waals surface area contributed by atoms with E-state index in [2.05, 4.69) is 4.72 Å². The molecule has 0 aliphatic carbocycles. The maximum Gasteiger partial charge on any atom is 0.303 e. The first-order chi connectivity index (χ1) is 14.7. The van der Waals surface area contributed by atoms with Gasteiger partial charge in [0.2, 0.25) is 10.0 Å². The largest absolute Gasteiger partial charge is 0.481 e. The van der Waals surface area contributed by atoms with Crippen molar-refractivity contribution in [3.8, 4) is 0 Å². The SMILES string of the molecule is O=C(O)CCCc1ccc(C(NS(=O)(=O)c2ccc(F)cc2)c2ccc(Cl)cc2)cc1. The average Bonchev–Trinajstić information content (AvgIpc) is 2.73. The van der Waals surface area contributed by atoms with Crippen molar-refractivity contribution in [2.24, 2.45) is 0 Å². The minimum Gasteiger partial charge on any atom is -0.481 e. The van der Waals surface area contributed by atoms with Crippen LogP contribution in [0.2, 0.25) is 5.02 Å². The van der Waals surface area contributed by atoms with E-state index in [4.69, 9.17) is 16.7 Å². The summed E-state index contributed by atoms with van der Waals surface area (Å²) in [4.78, 5) is 10.6. The Morgan fingerprint density at radius 3 is 2.03 bits per heavy atom. The lowest BCUT2D eigenvalue weighted by atomic mass is 9.97. The van der Waals surface area contributed by atoms with Gasteiger partial charge in [0.05, 0.1) is 10.9 Å². The third-order valence-electron chi connectivity index (χ3n) is 4.77. The Labute approximate surface area is 185 Å². The van der Waals surface area contributed by atoms with Gasteiger partial charge in [0.1, 0.15) is 5.82 Å². The molecule has 3 aromatic rings. The van der Waals surface area contributed by atoms with Crippen LogP contribution in [0.5, 0.6) is 0 Å². The van der Waals surface area contributed by atoms with Crippen LogP contribution in [0.4, 0.5) is 4.39 Å². The fourth-order valence-electron chi connectivity index (χ4n) is 3.14. The van der Waals surface area contributed by atoms with Crippen LogP contribution < -0.4 is 4.72 Å². The van der Waals surface area contributed by atoms with Crippen LogP contribution >= 0.6 is 11.6 Å². The number of hydrogen-bond donors (Lipinski definition) is 2. The van der Waals surface area contributed by atoms with Crippen molar-refractivity contribution in [2.45, 2.75) is 30.2 Å². The zero-order valence-corrected chi connectivity index (χ0v) is 18.0. The predicted molar refractivity (Wildman–Crippen MR) is 117 cm³/mol. The summed E-state index contributed by atoms with van der Waals surface area (Å²) in [6.07, 6.45) is 1.22. The number of carboxylic acids is 1. The molecule has 2 N–H and O–H groups in total. The van der Waals surface area contributed by atoms with Gasteiger partial charge in [-0.15, -0.1) is 0 Å². The molecule has 1 unspecified atom stereocenters. The molecular weight excluding hydrogens is 441 g/mol. The lowest BCUT2D eigenvalue weighted by Gasteiger charge is -2.20. The van der Waals surface area contributed by atoms with E-state index in [1.165, 1.54) is 12.1 Å². The first-order valence-electron chi connectivity index (χ1n) is 9.58. The molecule has 3 aromatic carbocycles. The summed E-state index contributed by atoms with van der Waals surface area (Å²) in [5, 5.41) is 9.30. The molecule has 3 rings (SSSR count). The van der Waals surface area contributed by atoms with Crippen molar-refractivity contribution in [3.05, 3.63) is 100 Å². The topological polar surface area (TPSA) is 83.5 Å². The number of aryl methyl sites for hydroxylation is 1. The van der Waals surface area contributed by atoms with Crippen LogP contribution in [0, 0.1) is 5.82 Å². The summed E-state index contributed by atoms with van der Waals surface area (Å²) < 4.78 is 41.8. The van der Waals surface area contributed by atoms with Crippen LogP contribution in [0.1, 0.15) is 35.6 Å². The summed E-state index contributed by atoms with van der Waals surface area (Å²) in [5.41, 5.74) is 2.35. The van der Waals surface area contributed by atoms with Gasteiger partial charge in [-0.3, -0.25) is 4.79 Å². The molecule has 0 saturated carbocycles. The van der Waals surface area contributed by atoms with Gasteiger partial charge in [-0.2, -0.15) is 4.72 Å². The number of nitrogens with one attached hydrogen (secondary N) is 1. The van der Waals surface area contributed by atoms with Crippen molar-refractivity contribution >= 4 is 27.6 Å². The van der Waals surface area contributed by atoms with Gasteiger partial charge in [-0.05, 0) is 65.9 Å². The van der Waals surface area contributed by atoms with E-state index < -0.39 is 27.9 Å². The number of rotatable bonds is 9. The van der Waals surface area contributed by atoms with Crippen LogP contribution in [0.25, 0.3) is 0 Å². The smallest absolute Gasteiger partial charge is 0.303 e. The van der Waals surface area contributed by atoms with Crippen molar-refractivity contribution < 1.29 is 22.7 Å². The Morgan fingerprint density at radius 2 is 1.48 bits per heavy atom. The Bertz CT molecular complexity index is 1130. The van der Waals surface area contributed by atoms with E-state index in [1.54, 1.807) is 24.3 Å². The Balaban J connectivity index is 1.89. The van der Waals surface area contributed by atoms with Gasteiger partial charge < -0.3 is 5.11 Å². The van der Waals surface area contributed by atoms with E-state index in [1.807, 2.05) is 24.3 Å². The van der Waals surface area contributed by atoms with Crippen molar-refractivity contribution in [1.29, 1.82) is 0 Å². The maximum absolute atomic E-state index is 13.2. The summed E-state index contributed by atoms with van der Waals surface area (Å²) in [7, 11) is -3.93. The molecule has 0 amide bonds. The number of hydrogen-bond acceptors (Lipinski definition) is 3. The minimum absolute atomic E-state index is 0.0434. The van der Waals surface area contributed by atoms with Crippen molar-refractivity contribution in [3.63, 3.8) is 0 Å². The number of carbonyl (C=O) groups is 1. The van der Waals surface area contributed by atoms with Crippen LogP contribution in [-0.4, -0.2) is 19.5 Å². The molecule has 0 bridgehead atoms. The third-order valence-corrected chi connectivity index (χ3v) is 6.46. The zero-order valence-electron chi connectivity index (χ0n) is 16.5. The van der Waals surface area contributed by atoms with Crippen LogP contribution in [-0.2, 0) is 21.2 Å². The Hall–Kier alpha value is -2.74. The molecule has 0 aromatic heterocycles. The molecule has 0 spiro atoms. The highest BCUT2D eigenvalue weighted by Gasteiger charge is 2.23. The van der Waals surface area contributed by atoms with Crippen LogP contribution in [0.15, 0.2) is 77.7 Å². The summed E-state index contributed by atoms with van der Waals surface area (Å²) in [6, 6.07) is 18.1. The molecule has 0 aliphatic heterocycles. The highest BCUT2D eigenvalue weighted by atomic mass is 35.5. The van der Waals surface area contributed by atoms with E-state index in [0.29, 0.717) is 29.0 Å². The molecule has 0 aliphatic rings. The maximum atomic E-state index is 13.2. The minimum atomic E-state index is -3.93. The van der Waals surface area contributed by atoms with Gasteiger partial charge in [-0.1, -0.05) is 48.0 Å². The number of aliphatic carboxylic acids is 1. The van der Waals surface area contributed by atoms with E-state index in [9.17, 15) is 17.6 Å². The number of carboxylic acid groups (broad SMARTS) is 1. The second-order valence-corrected chi connectivity index (χ2v) is 9.20. The predicted octanol–water partition coefficient (Wildman–Crippen LogP) is 4.95. The lowest BCUT2D eigenvalue weighted by Crippen LogP contribution is -2.29. The molecule has 1 atom stereocenters. The fourth-order valence-corrected chi connectivity index (χ4v) is 4.48. The lowest BCUT2D eigenvalue weighted by molar-refractivity contribution is -0.137. The Morgan fingerprint density at radius 1 is 0.935 bits per heavy atom. The van der Waals surface area contributed by atoms with Gasteiger partial charge >= 0.3 is 5.97 Å². The summed E-state index contributed by atoms with van der Waals surface area (Å²) in [5.74, 6) is -1.36. The van der Waals surface area contributed by atoms with E-state index >= 15 is 0 Å². The molecule has 0 saturated heterocycles. The highest BCUT2D eigenvalue weighted by Crippen LogP contribution is 2.26. The second kappa shape index (κ2) is 10.0. The molecule has 31 heavy (non-hydrogen) atoms. The second-order valence-electron chi connectivity index (χ2n) is 7.05. The quantitative estimate of drug-likeness (QED) is 0.472. The van der Waals surface area contributed by atoms with Crippen molar-refractivity contribution in [2.75, 3.05) is 0 Å². The first-order valence-corrected chi connectivity index (χ1v) is 11.4. The van der Waals surface area contributed by atoms with Crippen LogP contribution in [0.3, 0.4) is 0 Å². The van der Waals surface area contributed by atoms with Gasteiger partial charge in [0, 0.05) is 11.4 Å². The third kappa shape index (κ3) is 6.37. The van der Waals surface area contributed by atoms with Gasteiger partial charge in [0.15, 0.2) is 0 Å².